The molecule has 0 aliphatic heterocycles. The quantitative estimate of drug-likeness (QED) is 0.405. The summed E-state index contributed by atoms with van der Waals surface area (Å²) in [4.78, 5) is 28.4. The van der Waals surface area contributed by atoms with Crippen LogP contribution in [-0.2, 0) is 22.0 Å². The minimum atomic E-state index is -0.306. The van der Waals surface area contributed by atoms with Crippen molar-refractivity contribution in [2.24, 2.45) is 0 Å². The summed E-state index contributed by atoms with van der Waals surface area (Å²) in [6.07, 6.45) is 4.41. The summed E-state index contributed by atoms with van der Waals surface area (Å²) < 4.78 is 0. The van der Waals surface area contributed by atoms with Crippen LogP contribution in [0, 0.1) is 0 Å². The fourth-order valence-electron chi connectivity index (χ4n) is 3.54. The number of ketones is 1. The van der Waals surface area contributed by atoms with Gasteiger partial charge in [-0.15, -0.1) is 0 Å². The highest BCUT2D eigenvalue weighted by atomic mass is 32.2. The summed E-state index contributed by atoms with van der Waals surface area (Å²) in [5, 5.41) is 11.7. The summed E-state index contributed by atoms with van der Waals surface area (Å²) in [7, 11) is 0. The number of aromatic hydroxyl groups is 1. The van der Waals surface area contributed by atoms with Gasteiger partial charge in [0.05, 0.1) is 5.03 Å². The maximum atomic E-state index is 13.6. The second kappa shape index (κ2) is 9.01. The average molecular weight is 430 g/mol. The fraction of sp³-hybridized carbons (Fsp3) is 0.520. The maximum absolute atomic E-state index is 13.6. The number of aromatic amines is 1. The number of rotatable bonds is 6. The first-order valence-electron chi connectivity index (χ1n) is 10.6. The van der Waals surface area contributed by atoms with Gasteiger partial charge < -0.3 is 10.1 Å². The molecular formula is C25H35NO3S. The van der Waals surface area contributed by atoms with Crippen LogP contribution in [0.25, 0.3) is 0 Å². The lowest BCUT2D eigenvalue weighted by Gasteiger charge is -2.28. The maximum Gasteiger partial charge on any atom is 0.194 e. The number of benzene rings is 1. The van der Waals surface area contributed by atoms with E-state index < -0.39 is 0 Å². The molecule has 1 aromatic carbocycles. The Bertz CT molecular complexity index is 907. The predicted octanol–water partition coefficient (Wildman–Crippen LogP) is 6.53. The molecule has 0 aliphatic carbocycles. The molecule has 0 saturated heterocycles. The van der Waals surface area contributed by atoms with E-state index in [1.165, 1.54) is 6.92 Å². The van der Waals surface area contributed by atoms with Crippen LogP contribution in [0.3, 0.4) is 0 Å². The molecular weight excluding hydrogens is 394 g/mol. The number of aromatic nitrogens is 1. The van der Waals surface area contributed by atoms with Crippen molar-refractivity contribution in [1.82, 2.24) is 4.98 Å². The molecule has 4 nitrogen and oxygen atoms in total. The second-order valence-corrected chi connectivity index (χ2v) is 11.1. The molecule has 0 aliphatic rings. The molecule has 0 saturated carbocycles. The van der Waals surface area contributed by atoms with Crippen LogP contribution < -0.4 is 0 Å². The molecule has 0 spiro atoms. The lowest BCUT2D eigenvalue weighted by atomic mass is 9.77. The Balaban J connectivity index is 2.66. The van der Waals surface area contributed by atoms with Gasteiger partial charge in [0, 0.05) is 35.4 Å². The lowest BCUT2D eigenvalue weighted by Crippen LogP contribution is -2.19. The van der Waals surface area contributed by atoms with E-state index in [0.717, 1.165) is 52.7 Å². The third kappa shape index (κ3) is 5.37. The van der Waals surface area contributed by atoms with E-state index in [2.05, 4.69) is 11.9 Å². The molecule has 164 valence electrons. The van der Waals surface area contributed by atoms with E-state index in [0.29, 0.717) is 11.1 Å². The number of nitrogens with one attached hydrogen (secondary N) is 1. The topological polar surface area (TPSA) is 70.2 Å². The van der Waals surface area contributed by atoms with Gasteiger partial charge in [-0.1, -0.05) is 54.9 Å². The van der Waals surface area contributed by atoms with Crippen molar-refractivity contribution in [2.45, 2.75) is 90.5 Å². The van der Waals surface area contributed by atoms with Gasteiger partial charge in [-0.3, -0.25) is 9.59 Å². The van der Waals surface area contributed by atoms with E-state index in [9.17, 15) is 14.7 Å². The summed E-state index contributed by atoms with van der Waals surface area (Å²) in [6.45, 7) is 15.8. The monoisotopic (exact) mass is 429 g/mol. The fourth-order valence-corrected chi connectivity index (χ4v) is 4.28. The third-order valence-corrected chi connectivity index (χ3v) is 6.06. The van der Waals surface area contributed by atoms with Crippen LogP contribution in [0.1, 0.15) is 101 Å². The van der Waals surface area contributed by atoms with Gasteiger partial charge in [0.15, 0.2) is 10.9 Å². The Morgan fingerprint density at radius 3 is 2.00 bits per heavy atom. The van der Waals surface area contributed by atoms with Crippen molar-refractivity contribution in [3.05, 3.63) is 46.1 Å². The summed E-state index contributed by atoms with van der Waals surface area (Å²) in [6, 6.07) is 3.64. The number of carbonyl (C=O) groups is 2. The Morgan fingerprint density at radius 1 is 1.03 bits per heavy atom. The molecule has 0 amide bonds. The Hall–Kier alpha value is -2.01. The molecule has 1 aromatic heterocycles. The van der Waals surface area contributed by atoms with Gasteiger partial charge in [-0.05, 0) is 53.1 Å². The van der Waals surface area contributed by atoms with Gasteiger partial charge >= 0.3 is 0 Å². The molecule has 2 N–H and O–H groups in total. The molecule has 0 unspecified atom stereocenters. The Labute approximate surface area is 184 Å². The molecule has 0 radical (unpaired) electrons. The average Bonchev–Trinajstić information content (AvgIpc) is 2.99. The molecule has 5 heteroatoms. The summed E-state index contributed by atoms with van der Waals surface area (Å²) in [5.74, 6) is 0.184. The van der Waals surface area contributed by atoms with Gasteiger partial charge in [0.2, 0.25) is 0 Å². The Kier molecular flexibility index (Phi) is 7.28. The first-order chi connectivity index (χ1) is 13.8. The largest absolute Gasteiger partial charge is 0.507 e. The number of thioether (sulfide) groups is 1. The lowest BCUT2D eigenvalue weighted by molar-refractivity contribution is -0.109. The highest BCUT2D eigenvalue weighted by molar-refractivity contribution is 8.13. The van der Waals surface area contributed by atoms with Crippen molar-refractivity contribution in [3.63, 3.8) is 0 Å². The summed E-state index contributed by atoms with van der Waals surface area (Å²) >= 11 is 1.14. The van der Waals surface area contributed by atoms with Gasteiger partial charge in [0.25, 0.3) is 0 Å². The van der Waals surface area contributed by atoms with Gasteiger partial charge in [0.1, 0.15) is 5.75 Å². The molecule has 0 fully saturated rings. The smallest absolute Gasteiger partial charge is 0.194 e. The highest BCUT2D eigenvalue weighted by Gasteiger charge is 2.29. The Morgan fingerprint density at radius 2 is 1.57 bits per heavy atom. The molecule has 1 heterocycles. The van der Waals surface area contributed by atoms with E-state index in [1.54, 1.807) is 6.20 Å². The van der Waals surface area contributed by atoms with E-state index in [-0.39, 0.29) is 27.5 Å². The van der Waals surface area contributed by atoms with Crippen LogP contribution in [0.15, 0.2) is 23.4 Å². The van der Waals surface area contributed by atoms with Crippen LogP contribution in [0.5, 0.6) is 5.75 Å². The van der Waals surface area contributed by atoms with Gasteiger partial charge in [-0.2, -0.15) is 0 Å². The van der Waals surface area contributed by atoms with Gasteiger partial charge in [-0.25, -0.2) is 0 Å². The van der Waals surface area contributed by atoms with Crippen molar-refractivity contribution < 1.29 is 14.7 Å². The second-order valence-electron chi connectivity index (χ2n) is 9.96. The molecule has 2 rings (SSSR count). The van der Waals surface area contributed by atoms with Crippen molar-refractivity contribution in [1.29, 1.82) is 0 Å². The van der Waals surface area contributed by atoms with E-state index >= 15 is 0 Å². The molecule has 30 heavy (non-hydrogen) atoms. The number of H-pyrrole nitrogens is 1. The van der Waals surface area contributed by atoms with Crippen molar-refractivity contribution in [3.8, 4) is 5.75 Å². The number of phenols is 1. The molecule has 2 aromatic rings. The third-order valence-electron chi connectivity index (χ3n) is 5.21. The zero-order chi connectivity index (χ0) is 22.9. The highest BCUT2D eigenvalue weighted by Crippen LogP contribution is 2.40. The van der Waals surface area contributed by atoms with E-state index in [1.807, 2.05) is 53.7 Å². The van der Waals surface area contributed by atoms with Crippen molar-refractivity contribution in [2.75, 3.05) is 0 Å². The predicted molar refractivity (Wildman–Crippen MR) is 125 cm³/mol. The van der Waals surface area contributed by atoms with Crippen LogP contribution in [-0.4, -0.2) is 21.0 Å². The van der Waals surface area contributed by atoms with E-state index in [4.69, 9.17) is 0 Å². The number of unbranched alkanes of at least 4 members (excludes halogenated alkanes) is 1. The number of carbonyl (C=O) groups excluding carboxylic acids is 2. The molecule has 0 atom stereocenters. The zero-order valence-electron chi connectivity index (χ0n) is 19.5. The first-order valence-corrected chi connectivity index (χ1v) is 11.4. The van der Waals surface area contributed by atoms with Crippen LogP contribution >= 0.6 is 11.8 Å². The SMILES string of the molecule is CCCCc1c(C(=O)c2cc(C(C)(C)C)c(O)c(C(C)(C)C)c2)c[nH]c1SC(C)=O. The standard InChI is InChI=1S/C25H35NO3S/c1-9-10-11-17-18(14-26-23(17)30-15(2)27)21(28)16-12-19(24(3,4)5)22(29)20(13-16)25(6,7)8/h12-14,26,29H,9-11H2,1-8H3. The first kappa shape index (κ1) is 24.3. The minimum Gasteiger partial charge on any atom is -0.507 e. The molecule has 0 bridgehead atoms. The summed E-state index contributed by atoms with van der Waals surface area (Å²) in [5.41, 5.74) is 3.00. The van der Waals surface area contributed by atoms with Crippen LogP contribution in [0.4, 0.5) is 0 Å². The minimum absolute atomic E-state index is 0.0109. The number of hydrogen-bond donors (Lipinski definition) is 2. The zero-order valence-corrected chi connectivity index (χ0v) is 20.3. The number of phenolic OH excluding ortho intramolecular Hbond substituents is 1. The normalized spacial score (nSPS) is 12.3. The number of hydrogen-bond acceptors (Lipinski definition) is 4. The van der Waals surface area contributed by atoms with Crippen molar-refractivity contribution >= 4 is 22.7 Å². The van der Waals surface area contributed by atoms with Crippen LogP contribution in [0.2, 0.25) is 0 Å².